The zero-order chi connectivity index (χ0) is 20.4. The average Bonchev–Trinajstić information content (AvgIpc) is 3.44. The van der Waals surface area contributed by atoms with Crippen molar-refractivity contribution in [1.29, 1.82) is 0 Å². The fourth-order valence-electron chi connectivity index (χ4n) is 4.55. The maximum absolute atomic E-state index is 13.1. The van der Waals surface area contributed by atoms with Crippen LogP contribution >= 0.6 is 0 Å². The molecular formula is C25H28N4O. The first-order valence-corrected chi connectivity index (χ1v) is 10.9. The summed E-state index contributed by atoms with van der Waals surface area (Å²) in [5.41, 5.74) is 4.45. The quantitative estimate of drug-likeness (QED) is 0.652. The molecule has 30 heavy (non-hydrogen) atoms. The highest BCUT2D eigenvalue weighted by Crippen LogP contribution is 2.49. The molecule has 3 aromatic rings. The number of hydrogen-bond acceptors (Lipinski definition) is 3. The Morgan fingerprint density at radius 3 is 2.67 bits per heavy atom. The summed E-state index contributed by atoms with van der Waals surface area (Å²) in [6, 6.07) is 18.6. The number of carbonyl (C=O) groups excluding carboxylic acids is 1. The first kappa shape index (κ1) is 19.1. The van der Waals surface area contributed by atoms with Crippen molar-refractivity contribution >= 4 is 11.6 Å². The van der Waals surface area contributed by atoms with Crippen molar-refractivity contribution in [2.75, 3.05) is 18.4 Å². The number of fused-ring (bicyclic) bond motifs is 1. The van der Waals surface area contributed by atoms with Crippen LogP contribution in [0.4, 0.5) is 5.69 Å². The van der Waals surface area contributed by atoms with Crippen LogP contribution in [0.1, 0.15) is 36.0 Å². The molecule has 1 aromatic heterocycles. The molecule has 5 heteroatoms. The summed E-state index contributed by atoms with van der Waals surface area (Å²) >= 11 is 0. The normalized spacial score (nSPS) is 17.3. The first-order chi connectivity index (χ1) is 14.7. The van der Waals surface area contributed by atoms with Crippen molar-refractivity contribution in [3.05, 3.63) is 83.7 Å². The van der Waals surface area contributed by atoms with Crippen LogP contribution in [0.2, 0.25) is 0 Å². The van der Waals surface area contributed by atoms with Gasteiger partial charge in [0.05, 0.1) is 5.41 Å². The van der Waals surface area contributed by atoms with Gasteiger partial charge in [-0.15, -0.1) is 0 Å². The number of amides is 1. The van der Waals surface area contributed by atoms with Gasteiger partial charge in [-0.2, -0.15) is 5.10 Å². The minimum atomic E-state index is -0.338. The van der Waals surface area contributed by atoms with Gasteiger partial charge in [-0.3, -0.25) is 14.4 Å². The molecule has 0 unspecified atom stereocenters. The molecule has 1 fully saturated rings. The highest BCUT2D eigenvalue weighted by Gasteiger charge is 2.51. The van der Waals surface area contributed by atoms with Crippen LogP contribution in [0.5, 0.6) is 0 Å². The smallest absolute Gasteiger partial charge is 0.235 e. The number of carbonyl (C=O) groups is 1. The van der Waals surface area contributed by atoms with E-state index in [2.05, 4.69) is 45.6 Å². The van der Waals surface area contributed by atoms with E-state index in [9.17, 15) is 4.79 Å². The van der Waals surface area contributed by atoms with E-state index in [0.29, 0.717) is 0 Å². The van der Waals surface area contributed by atoms with Crippen LogP contribution in [0.3, 0.4) is 0 Å². The Labute approximate surface area is 177 Å². The number of nitrogens with zero attached hydrogens (tertiary/aromatic N) is 3. The molecule has 0 spiro atoms. The first-order valence-electron chi connectivity index (χ1n) is 10.9. The number of anilines is 1. The Kier molecular flexibility index (Phi) is 5.13. The van der Waals surface area contributed by atoms with Crippen molar-refractivity contribution in [3.8, 4) is 0 Å². The summed E-state index contributed by atoms with van der Waals surface area (Å²) < 4.78 is 1.99. The molecule has 0 bridgehead atoms. The minimum Gasteiger partial charge on any atom is -0.325 e. The van der Waals surface area contributed by atoms with Crippen LogP contribution in [0, 0.1) is 0 Å². The van der Waals surface area contributed by atoms with E-state index in [0.717, 1.165) is 63.1 Å². The van der Waals surface area contributed by atoms with Crippen LogP contribution in [0.25, 0.3) is 0 Å². The van der Waals surface area contributed by atoms with Crippen LogP contribution in [-0.2, 0) is 29.7 Å². The van der Waals surface area contributed by atoms with E-state index in [1.165, 1.54) is 11.1 Å². The predicted octanol–water partition coefficient (Wildman–Crippen LogP) is 4.00. The van der Waals surface area contributed by atoms with Gasteiger partial charge in [0.2, 0.25) is 5.91 Å². The molecule has 154 valence electrons. The molecule has 5 nitrogen and oxygen atoms in total. The van der Waals surface area contributed by atoms with Crippen molar-refractivity contribution in [2.24, 2.45) is 0 Å². The van der Waals surface area contributed by atoms with Gasteiger partial charge in [0.1, 0.15) is 0 Å². The van der Waals surface area contributed by atoms with Crippen molar-refractivity contribution in [3.63, 3.8) is 0 Å². The number of aryl methyl sites for hydroxylation is 1. The zero-order valence-corrected chi connectivity index (χ0v) is 17.3. The molecule has 1 saturated carbocycles. The fourth-order valence-corrected chi connectivity index (χ4v) is 4.55. The summed E-state index contributed by atoms with van der Waals surface area (Å²) in [5, 5.41) is 7.48. The molecule has 2 heterocycles. The molecule has 0 saturated heterocycles. The lowest BCUT2D eigenvalue weighted by atomic mass is 9.94. The molecule has 1 aliphatic heterocycles. The van der Waals surface area contributed by atoms with Crippen LogP contribution in [0.15, 0.2) is 67.0 Å². The van der Waals surface area contributed by atoms with E-state index in [-0.39, 0.29) is 11.3 Å². The van der Waals surface area contributed by atoms with E-state index >= 15 is 0 Å². The van der Waals surface area contributed by atoms with Crippen molar-refractivity contribution < 1.29 is 4.79 Å². The summed E-state index contributed by atoms with van der Waals surface area (Å²) in [5.74, 6) is 0.125. The molecule has 1 N–H and O–H groups in total. The van der Waals surface area contributed by atoms with Gasteiger partial charge in [-0.05, 0) is 60.6 Å². The van der Waals surface area contributed by atoms with E-state index in [1.54, 1.807) is 0 Å². The number of nitrogens with one attached hydrogen (secondary N) is 1. The number of aromatic nitrogens is 2. The molecule has 2 aliphatic rings. The Balaban J connectivity index is 1.22. The Morgan fingerprint density at radius 1 is 1.03 bits per heavy atom. The zero-order valence-electron chi connectivity index (χ0n) is 17.3. The molecule has 1 amide bonds. The second-order valence-electron chi connectivity index (χ2n) is 8.53. The summed E-state index contributed by atoms with van der Waals surface area (Å²) in [7, 11) is 0. The summed E-state index contributed by atoms with van der Waals surface area (Å²) in [6.07, 6.45) is 7.86. The highest BCUT2D eigenvalue weighted by atomic mass is 16.2. The maximum atomic E-state index is 13.1. The highest BCUT2D eigenvalue weighted by molar-refractivity contribution is 6.01. The average molecular weight is 401 g/mol. The lowest BCUT2D eigenvalue weighted by Gasteiger charge is -2.29. The number of rotatable bonds is 7. The molecule has 1 aliphatic carbocycles. The van der Waals surface area contributed by atoms with Gasteiger partial charge in [0, 0.05) is 44.3 Å². The van der Waals surface area contributed by atoms with Gasteiger partial charge in [-0.25, -0.2) is 0 Å². The second kappa shape index (κ2) is 8.07. The largest absolute Gasteiger partial charge is 0.325 e. The number of benzene rings is 2. The standard InChI is InChI=1S/C25H28N4O/c30-24(25(11-12-25)22-6-2-1-3-7-22)27-23-9-8-20-10-17-28(19-21(20)18-23)14-5-16-29-15-4-13-26-29/h1-4,6-9,13,15,18H,5,10-12,14,16-17,19H2,(H,27,30). The Hall–Kier alpha value is -2.92. The van der Waals surface area contributed by atoms with Gasteiger partial charge in [0.15, 0.2) is 0 Å². The predicted molar refractivity (Wildman–Crippen MR) is 118 cm³/mol. The second-order valence-corrected chi connectivity index (χ2v) is 8.53. The van der Waals surface area contributed by atoms with Crippen LogP contribution < -0.4 is 5.32 Å². The summed E-state index contributed by atoms with van der Waals surface area (Å²) in [6.45, 7) is 4.05. The van der Waals surface area contributed by atoms with Gasteiger partial charge < -0.3 is 5.32 Å². The van der Waals surface area contributed by atoms with E-state index < -0.39 is 0 Å². The Bertz CT molecular complexity index is 1010. The lowest BCUT2D eigenvalue weighted by molar-refractivity contribution is -0.118. The van der Waals surface area contributed by atoms with Gasteiger partial charge in [-0.1, -0.05) is 36.4 Å². The van der Waals surface area contributed by atoms with Crippen molar-refractivity contribution in [2.45, 2.75) is 44.2 Å². The van der Waals surface area contributed by atoms with E-state index in [1.807, 2.05) is 41.3 Å². The van der Waals surface area contributed by atoms with Crippen molar-refractivity contribution in [1.82, 2.24) is 14.7 Å². The molecular weight excluding hydrogens is 372 g/mol. The topological polar surface area (TPSA) is 50.2 Å². The lowest BCUT2D eigenvalue weighted by Crippen LogP contribution is -2.32. The number of hydrogen-bond donors (Lipinski definition) is 1. The fraction of sp³-hybridized carbons (Fsp3) is 0.360. The van der Waals surface area contributed by atoms with Gasteiger partial charge in [0.25, 0.3) is 0 Å². The maximum Gasteiger partial charge on any atom is 0.235 e. The molecule has 0 atom stereocenters. The summed E-state index contributed by atoms with van der Waals surface area (Å²) in [4.78, 5) is 15.6. The third-order valence-electron chi connectivity index (χ3n) is 6.49. The molecule has 0 radical (unpaired) electrons. The molecule has 5 rings (SSSR count). The SMILES string of the molecule is O=C(Nc1ccc2c(c1)CN(CCCn1cccn1)CC2)C1(c2ccccc2)CC1. The van der Waals surface area contributed by atoms with Crippen LogP contribution in [-0.4, -0.2) is 33.7 Å². The van der Waals surface area contributed by atoms with Gasteiger partial charge >= 0.3 is 0 Å². The molecule has 2 aromatic carbocycles. The minimum absolute atomic E-state index is 0.125. The third-order valence-corrected chi connectivity index (χ3v) is 6.49. The third kappa shape index (κ3) is 3.90. The Morgan fingerprint density at radius 2 is 1.90 bits per heavy atom. The van der Waals surface area contributed by atoms with E-state index in [4.69, 9.17) is 0 Å². The monoisotopic (exact) mass is 400 g/mol.